The zero-order valence-corrected chi connectivity index (χ0v) is 7.80. The predicted molar refractivity (Wildman–Crippen MR) is 43.7 cm³/mol. The van der Waals surface area contributed by atoms with Crippen LogP contribution in [0.5, 0.6) is 0 Å². The Labute approximate surface area is 72.1 Å². The van der Waals surface area contributed by atoms with Crippen LogP contribution in [0, 0.1) is 11.3 Å². The number of aliphatic hydroxyl groups excluding tert-OH is 1. The van der Waals surface area contributed by atoms with E-state index in [9.17, 15) is 8.42 Å². The molecule has 0 saturated heterocycles. The molecule has 0 aromatic rings. The molecule has 0 aliphatic carbocycles. The number of aliphatic hydroxyl groups is 1. The van der Waals surface area contributed by atoms with Gasteiger partial charge in [0.15, 0.2) is 5.25 Å². The van der Waals surface area contributed by atoms with E-state index in [4.69, 9.17) is 10.4 Å². The molecule has 0 aromatic carbocycles. The van der Waals surface area contributed by atoms with E-state index in [1.165, 1.54) is 13.8 Å². The minimum Gasteiger partial charge on any atom is -0.395 e. The van der Waals surface area contributed by atoms with Gasteiger partial charge in [0.05, 0.1) is 12.7 Å². The molecule has 0 amide bonds. The number of rotatable bonds is 4. The van der Waals surface area contributed by atoms with Gasteiger partial charge in [0.25, 0.3) is 0 Å². The lowest BCUT2D eigenvalue weighted by Crippen LogP contribution is -2.39. The van der Waals surface area contributed by atoms with E-state index in [-0.39, 0.29) is 6.61 Å². The van der Waals surface area contributed by atoms with Gasteiger partial charge in [-0.3, -0.25) is 0 Å². The molecule has 12 heavy (non-hydrogen) atoms. The van der Waals surface area contributed by atoms with Crippen LogP contribution in [0.3, 0.4) is 0 Å². The number of sulfonamides is 1. The maximum Gasteiger partial charge on any atom is 0.228 e. The number of hydrogen-bond acceptors (Lipinski definition) is 4. The summed E-state index contributed by atoms with van der Waals surface area (Å²) in [4.78, 5) is 0. The minimum absolute atomic E-state index is 0.280. The maximum absolute atomic E-state index is 11.1. The third-order valence-electron chi connectivity index (χ3n) is 1.29. The van der Waals surface area contributed by atoms with Crippen LogP contribution in [0.1, 0.15) is 13.8 Å². The molecule has 6 heteroatoms. The number of hydrogen-bond donors (Lipinski definition) is 2. The highest BCUT2D eigenvalue weighted by Crippen LogP contribution is 1.97. The average Bonchev–Trinajstić information content (AvgIpc) is 2.02. The van der Waals surface area contributed by atoms with E-state index < -0.39 is 21.3 Å². The molecule has 5 nitrogen and oxygen atoms in total. The summed E-state index contributed by atoms with van der Waals surface area (Å²) in [6, 6.07) is 1.05. The standard InChI is InChI=1S/C6H12N2O3S/c1-5(4-9)8-12(10,11)6(2)3-7/h5-6,8-9H,4H2,1-2H3. The van der Waals surface area contributed by atoms with Gasteiger partial charge in [0.1, 0.15) is 0 Å². The first kappa shape index (κ1) is 11.4. The van der Waals surface area contributed by atoms with Crippen molar-refractivity contribution in [2.45, 2.75) is 25.1 Å². The largest absolute Gasteiger partial charge is 0.395 e. The van der Waals surface area contributed by atoms with Crippen LogP contribution < -0.4 is 4.72 Å². The Morgan fingerprint density at radius 3 is 2.42 bits per heavy atom. The van der Waals surface area contributed by atoms with Crippen LogP contribution >= 0.6 is 0 Å². The first-order valence-corrected chi connectivity index (χ1v) is 5.00. The zero-order chi connectivity index (χ0) is 9.78. The Bertz CT molecular complexity index is 267. The summed E-state index contributed by atoms with van der Waals surface area (Å²) < 4.78 is 24.3. The van der Waals surface area contributed by atoms with Gasteiger partial charge in [-0.15, -0.1) is 0 Å². The van der Waals surface area contributed by atoms with Gasteiger partial charge in [0, 0.05) is 6.04 Å². The van der Waals surface area contributed by atoms with Crippen molar-refractivity contribution in [2.24, 2.45) is 0 Å². The minimum atomic E-state index is -3.59. The third-order valence-corrected chi connectivity index (χ3v) is 3.05. The van der Waals surface area contributed by atoms with Crippen LogP contribution in [-0.2, 0) is 10.0 Å². The van der Waals surface area contributed by atoms with Crippen LogP contribution in [0.15, 0.2) is 0 Å². The van der Waals surface area contributed by atoms with Gasteiger partial charge in [-0.2, -0.15) is 5.26 Å². The SMILES string of the molecule is CC(CO)NS(=O)(=O)C(C)C#N. The Morgan fingerprint density at radius 1 is 1.58 bits per heavy atom. The van der Waals surface area contributed by atoms with Gasteiger partial charge < -0.3 is 5.11 Å². The highest BCUT2D eigenvalue weighted by molar-refractivity contribution is 7.90. The van der Waals surface area contributed by atoms with Crippen molar-refractivity contribution in [1.82, 2.24) is 4.72 Å². The van der Waals surface area contributed by atoms with E-state index in [0.717, 1.165) is 0 Å². The summed E-state index contributed by atoms with van der Waals surface area (Å²) in [5, 5.41) is 15.8. The van der Waals surface area contributed by atoms with Gasteiger partial charge in [-0.05, 0) is 13.8 Å². The second-order valence-corrected chi connectivity index (χ2v) is 4.55. The zero-order valence-electron chi connectivity index (χ0n) is 6.98. The lowest BCUT2D eigenvalue weighted by atomic mass is 10.4. The van der Waals surface area contributed by atoms with Crippen LogP contribution in [-0.4, -0.2) is 31.4 Å². The molecule has 0 fully saturated rings. The summed E-state index contributed by atoms with van der Waals surface area (Å²) >= 11 is 0. The summed E-state index contributed by atoms with van der Waals surface area (Å²) in [5.74, 6) is 0. The van der Waals surface area contributed by atoms with Crippen molar-refractivity contribution >= 4 is 10.0 Å². The van der Waals surface area contributed by atoms with Crippen molar-refractivity contribution in [2.75, 3.05) is 6.61 Å². The van der Waals surface area contributed by atoms with Gasteiger partial charge in [0.2, 0.25) is 10.0 Å². The molecule has 70 valence electrons. The molecule has 2 atom stereocenters. The molecule has 0 heterocycles. The second-order valence-electron chi connectivity index (χ2n) is 2.52. The second kappa shape index (κ2) is 4.40. The fourth-order valence-electron chi connectivity index (χ4n) is 0.489. The van der Waals surface area contributed by atoms with E-state index in [1.54, 1.807) is 6.07 Å². The molecule has 2 N–H and O–H groups in total. The number of nitrogens with one attached hydrogen (secondary N) is 1. The lowest BCUT2D eigenvalue weighted by molar-refractivity contribution is 0.265. The van der Waals surface area contributed by atoms with Crippen LogP contribution in [0.2, 0.25) is 0 Å². The van der Waals surface area contributed by atoms with Crippen molar-refractivity contribution in [3.8, 4) is 6.07 Å². The molecule has 0 rings (SSSR count). The van der Waals surface area contributed by atoms with Crippen molar-refractivity contribution in [1.29, 1.82) is 5.26 Å². The fourth-order valence-corrected chi connectivity index (χ4v) is 1.47. The molecular weight excluding hydrogens is 180 g/mol. The first-order chi connectivity index (χ1) is 5.44. The van der Waals surface area contributed by atoms with Crippen molar-refractivity contribution in [3.05, 3.63) is 0 Å². The predicted octanol–water partition coefficient (Wildman–Crippen LogP) is -0.801. The molecule has 0 saturated carbocycles. The Hall–Kier alpha value is -0.640. The molecule has 0 bridgehead atoms. The van der Waals surface area contributed by atoms with Crippen molar-refractivity contribution in [3.63, 3.8) is 0 Å². The Kier molecular flexibility index (Phi) is 4.17. The molecule has 0 radical (unpaired) electrons. The third kappa shape index (κ3) is 3.17. The number of nitriles is 1. The summed E-state index contributed by atoms with van der Waals surface area (Å²) in [5.41, 5.74) is 0. The van der Waals surface area contributed by atoms with Crippen molar-refractivity contribution < 1.29 is 13.5 Å². The molecule has 0 aliphatic rings. The van der Waals surface area contributed by atoms with E-state index in [2.05, 4.69) is 4.72 Å². The number of nitrogens with zero attached hydrogens (tertiary/aromatic N) is 1. The Balaban J connectivity index is 4.36. The van der Waals surface area contributed by atoms with Crippen LogP contribution in [0.25, 0.3) is 0 Å². The molecule has 0 aromatic heterocycles. The maximum atomic E-state index is 11.1. The highest BCUT2D eigenvalue weighted by Gasteiger charge is 2.21. The quantitative estimate of drug-likeness (QED) is 0.610. The summed E-state index contributed by atoms with van der Waals surface area (Å²) in [6.45, 7) is 2.52. The van der Waals surface area contributed by atoms with E-state index in [0.29, 0.717) is 0 Å². The smallest absolute Gasteiger partial charge is 0.228 e. The van der Waals surface area contributed by atoms with Gasteiger partial charge in [-0.25, -0.2) is 13.1 Å². The first-order valence-electron chi connectivity index (χ1n) is 3.45. The monoisotopic (exact) mass is 192 g/mol. The molecule has 0 aliphatic heterocycles. The average molecular weight is 192 g/mol. The van der Waals surface area contributed by atoms with Crippen LogP contribution in [0.4, 0.5) is 0 Å². The topological polar surface area (TPSA) is 90.2 Å². The fraction of sp³-hybridized carbons (Fsp3) is 0.833. The normalized spacial score (nSPS) is 16.5. The molecule has 2 unspecified atom stereocenters. The summed E-state index contributed by atoms with van der Waals surface area (Å²) in [6.07, 6.45) is 0. The molecular formula is C6H12N2O3S. The summed E-state index contributed by atoms with van der Waals surface area (Å²) in [7, 11) is -3.59. The van der Waals surface area contributed by atoms with Gasteiger partial charge in [-0.1, -0.05) is 0 Å². The van der Waals surface area contributed by atoms with E-state index in [1.807, 2.05) is 0 Å². The Morgan fingerprint density at radius 2 is 2.08 bits per heavy atom. The molecule has 0 spiro atoms. The van der Waals surface area contributed by atoms with Gasteiger partial charge >= 0.3 is 0 Å². The van der Waals surface area contributed by atoms with E-state index >= 15 is 0 Å². The highest BCUT2D eigenvalue weighted by atomic mass is 32.2. The lowest BCUT2D eigenvalue weighted by Gasteiger charge is -2.11.